The number of hydrogen-bond donors (Lipinski definition) is 2. The molecule has 0 radical (unpaired) electrons. The Labute approximate surface area is 101 Å². The molecule has 1 amide bonds. The van der Waals surface area contributed by atoms with Crippen LogP contribution in [0.3, 0.4) is 0 Å². The second-order valence-electron chi connectivity index (χ2n) is 4.72. The molecule has 1 saturated carbocycles. The summed E-state index contributed by atoms with van der Waals surface area (Å²) in [5.74, 6) is 0.423. The van der Waals surface area contributed by atoms with Gasteiger partial charge in [0.05, 0.1) is 6.10 Å². The lowest BCUT2D eigenvalue weighted by molar-refractivity contribution is 0.0902. The van der Waals surface area contributed by atoms with E-state index in [2.05, 4.69) is 10.4 Å². The van der Waals surface area contributed by atoms with E-state index in [1.54, 1.807) is 24.0 Å². The van der Waals surface area contributed by atoms with Crippen molar-refractivity contribution in [3.63, 3.8) is 0 Å². The number of aryl methyl sites for hydroxylation is 1. The molecule has 0 atom stereocenters. The van der Waals surface area contributed by atoms with Gasteiger partial charge in [-0.25, -0.2) is 0 Å². The van der Waals surface area contributed by atoms with Crippen molar-refractivity contribution >= 4 is 5.91 Å². The first-order chi connectivity index (χ1) is 8.16. The normalized spacial score (nSPS) is 24.6. The number of aliphatic hydroxyl groups excluding tert-OH is 1. The zero-order valence-corrected chi connectivity index (χ0v) is 10.1. The van der Waals surface area contributed by atoms with Gasteiger partial charge in [0.25, 0.3) is 5.91 Å². The number of nitrogens with zero attached hydrogens (tertiary/aromatic N) is 2. The molecule has 0 aliphatic heterocycles. The molecule has 0 bridgehead atoms. The van der Waals surface area contributed by atoms with Crippen molar-refractivity contribution < 1.29 is 9.90 Å². The van der Waals surface area contributed by atoms with Crippen LogP contribution in [0.25, 0.3) is 0 Å². The topological polar surface area (TPSA) is 67.2 Å². The highest BCUT2D eigenvalue weighted by Crippen LogP contribution is 2.23. The molecule has 2 N–H and O–H groups in total. The molecule has 0 saturated heterocycles. The first-order valence-electron chi connectivity index (χ1n) is 6.11. The second kappa shape index (κ2) is 5.31. The Morgan fingerprint density at radius 3 is 2.82 bits per heavy atom. The summed E-state index contributed by atoms with van der Waals surface area (Å²) in [5.41, 5.74) is 0.584. The predicted octanol–water partition coefficient (Wildman–Crippen LogP) is 0.701. The summed E-state index contributed by atoms with van der Waals surface area (Å²) < 4.78 is 1.57. The number of aromatic nitrogens is 2. The van der Waals surface area contributed by atoms with Crippen LogP contribution in [0.5, 0.6) is 0 Å². The monoisotopic (exact) mass is 237 g/mol. The SMILES string of the molecule is Cn1nccc1C(=O)NCC1CCC(O)CC1. The van der Waals surface area contributed by atoms with Crippen LogP contribution >= 0.6 is 0 Å². The molecule has 17 heavy (non-hydrogen) atoms. The van der Waals surface area contributed by atoms with Crippen molar-refractivity contribution in [2.24, 2.45) is 13.0 Å². The number of carbonyl (C=O) groups excluding carboxylic acids is 1. The van der Waals surface area contributed by atoms with E-state index in [0.29, 0.717) is 18.2 Å². The van der Waals surface area contributed by atoms with Gasteiger partial charge in [0.1, 0.15) is 5.69 Å². The lowest BCUT2D eigenvalue weighted by Crippen LogP contribution is -2.33. The largest absolute Gasteiger partial charge is 0.393 e. The van der Waals surface area contributed by atoms with Crippen LogP contribution in [-0.4, -0.2) is 33.4 Å². The molecule has 5 heteroatoms. The van der Waals surface area contributed by atoms with Gasteiger partial charge in [0, 0.05) is 19.8 Å². The highest BCUT2D eigenvalue weighted by molar-refractivity contribution is 5.92. The summed E-state index contributed by atoms with van der Waals surface area (Å²) in [6, 6.07) is 1.71. The molecule has 1 fully saturated rings. The van der Waals surface area contributed by atoms with Gasteiger partial charge in [0.2, 0.25) is 0 Å². The Morgan fingerprint density at radius 2 is 2.24 bits per heavy atom. The first-order valence-corrected chi connectivity index (χ1v) is 6.11. The van der Waals surface area contributed by atoms with Gasteiger partial charge >= 0.3 is 0 Å². The van der Waals surface area contributed by atoms with Crippen LogP contribution in [0, 0.1) is 5.92 Å². The third-order valence-corrected chi connectivity index (χ3v) is 3.42. The molecule has 0 unspecified atom stereocenters. The molecule has 1 aromatic heterocycles. The molecule has 0 spiro atoms. The van der Waals surface area contributed by atoms with E-state index in [1.807, 2.05) is 0 Å². The fraction of sp³-hybridized carbons (Fsp3) is 0.667. The summed E-state index contributed by atoms with van der Waals surface area (Å²) >= 11 is 0. The highest BCUT2D eigenvalue weighted by Gasteiger charge is 2.20. The summed E-state index contributed by atoms with van der Waals surface area (Å²) in [6.45, 7) is 0.691. The Morgan fingerprint density at radius 1 is 1.53 bits per heavy atom. The quantitative estimate of drug-likeness (QED) is 0.813. The maximum Gasteiger partial charge on any atom is 0.269 e. The molecule has 1 aliphatic rings. The van der Waals surface area contributed by atoms with Crippen molar-refractivity contribution in [1.29, 1.82) is 0 Å². The smallest absolute Gasteiger partial charge is 0.269 e. The van der Waals surface area contributed by atoms with Gasteiger partial charge in [0.15, 0.2) is 0 Å². The third kappa shape index (κ3) is 3.06. The Bertz CT molecular complexity index is 381. The number of hydrogen-bond acceptors (Lipinski definition) is 3. The van der Waals surface area contributed by atoms with Crippen LogP contribution in [0.4, 0.5) is 0 Å². The molecular formula is C12H19N3O2. The molecule has 1 heterocycles. The van der Waals surface area contributed by atoms with Crippen LogP contribution in [0.2, 0.25) is 0 Å². The van der Waals surface area contributed by atoms with Gasteiger partial charge in [-0.3, -0.25) is 9.48 Å². The third-order valence-electron chi connectivity index (χ3n) is 3.42. The van der Waals surface area contributed by atoms with Crippen LogP contribution in [-0.2, 0) is 7.05 Å². The van der Waals surface area contributed by atoms with Crippen molar-refractivity contribution in [2.75, 3.05) is 6.54 Å². The zero-order valence-electron chi connectivity index (χ0n) is 10.1. The maximum absolute atomic E-state index is 11.8. The Balaban J connectivity index is 1.79. The fourth-order valence-corrected chi connectivity index (χ4v) is 2.27. The van der Waals surface area contributed by atoms with Crippen molar-refractivity contribution in [3.05, 3.63) is 18.0 Å². The summed E-state index contributed by atoms with van der Waals surface area (Å²) in [7, 11) is 1.76. The van der Waals surface area contributed by atoms with E-state index in [-0.39, 0.29) is 12.0 Å². The Hall–Kier alpha value is -1.36. The number of nitrogens with one attached hydrogen (secondary N) is 1. The number of rotatable bonds is 3. The van der Waals surface area contributed by atoms with E-state index in [1.165, 1.54) is 0 Å². The fourth-order valence-electron chi connectivity index (χ4n) is 2.27. The van der Waals surface area contributed by atoms with Crippen LogP contribution in [0.1, 0.15) is 36.2 Å². The number of amides is 1. The van der Waals surface area contributed by atoms with Gasteiger partial charge in [-0.05, 0) is 37.7 Å². The molecule has 0 aromatic carbocycles. The van der Waals surface area contributed by atoms with E-state index >= 15 is 0 Å². The summed E-state index contributed by atoms with van der Waals surface area (Å²) in [5, 5.41) is 16.3. The molecule has 5 nitrogen and oxygen atoms in total. The molecule has 1 aromatic rings. The van der Waals surface area contributed by atoms with Crippen molar-refractivity contribution in [3.8, 4) is 0 Å². The van der Waals surface area contributed by atoms with Crippen LogP contribution in [0.15, 0.2) is 12.3 Å². The van der Waals surface area contributed by atoms with E-state index in [9.17, 15) is 9.90 Å². The standard InChI is InChI=1S/C12H19N3O2/c1-15-11(6-7-14-15)12(17)13-8-9-2-4-10(16)5-3-9/h6-7,9-10,16H,2-5,8H2,1H3,(H,13,17). The van der Waals surface area contributed by atoms with E-state index in [0.717, 1.165) is 25.7 Å². The summed E-state index contributed by atoms with van der Waals surface area (Å²) in [4.78, 5) is 11.8. The lowest BCUT2D eigenvalue weighted by Gasteiger charge is -2.25. The average Bonchev–Trinajstić information content (AvgIpc) is 2.74. The minimum atomic E-state index is -0.140. The highest BCUT2D eigenvalue weighted by atomic mass is 16.3. The van der Waals surface area contributed by atoms with Gasteiger partial charge < -0.3 is 10.4 Å². The maximum atomic E-state index is 11.8. The van der Waals surface area contributed by atoms with Gasteiger partial charge in [-0.15, -0.1) is 0 Å². The average molecular weight is 237 g/mol. The first kappa shape index (κ1) is 12.1. The van der Waals surface area contributed by atoms with Crippen LogP contribution < -0.4 is 5.32 Å². The summed E-state index contributed by atoms with van der Waals surface area (Å²) in [6.07, 6.45) is 5.17. The molecular weight excluding hydrogens is 218 g/mol. The minimum absolute atomic E-state index is 0.0730. The zero-order chi connectivity index (χ0) is 12.3. The van der Waals surface area contributed by atoms with Gasteiger partial charge in [-0.1, -0.05) is 0 Å². The lowest BCUT2D eigenvalue weighted by atomic mass is 9.87. The Kier molecular flexibility index (Phi) is 3.78. The number of aliphatic hydroxyl groups is 1. The molecule has 1 aliphatic carbocycles. The number of carbonyl (C=O) groups is 1. The van der Waals surface area contributed by atoms with E-state index in [4.69, 9.17) is 0 Å². The second-order valence-corrected chi connectivity index (χ2v) is 4.72. The van der Waals surface area contributed by atoms with Gasteiger partial charge in [-0.2, -0.15) is 5.10 Å². The molecule has 2 rings (SSSR count). The van der Waals surface area contributed by atoms with E-state index < -0.39 is 0 Å². The van der Waals surface area contributed by atoms with Crippen molar-refractivity contribution in [1.82, 2.24) is 15.1 Å². The molecule has 94 valence electrons. The van der Waals surface area contributed by atoms with Crippen molar-refractivity contribution in [2.45, 2.75) is 31.8 Å². The predicted molar refractivity (Wildman–Crippen MR) is 63.5 cm³/mol. The minimum Gasteiger partial charge on any atom is -0.393 e.